The fourth-order valence-corrected chi connectivity index (χ4v) is 2.26. The lowest BCUT2D eigenvalue weighted by Crippen LogP contribution is -2.30. The van der Waals surface area contributed by atoms with E-state index in [1.165, 1.54) is 12.1 Å². The maximum absolute atomic E-state index is 12.4. The van der Waals surface area contributed by atoms with Crippen molar-refractivity contribution < 1.29 is 13.2 Å². The van der Waals surface area contributed by atoms with Gasteiger partial charge in [0.15, 0.2) is 0 Å². The van der Waals surface area contributed by atoms with Crippen molar-refractivity contribution in [1.29, 1.82) is 0 Å². The van der Waals surface area contributed by atoms with Crippen LogP contribution in [0.25, 0.3) is 0 Å². The van der Waals surface area contributed by atoms with Crippen molar-refractivity contribution in [3.63, 3.8) is 0 Å². The van der Waals surface area contributed by atoms with Gasteiger partial charge in [-0.1, -0.05) is 12.1 Å². The van der Waals surface area contributed by atoms with Gasteiger partial charge in [0.1, 0.15) is 0 Å². The van der Waals surface area contributed by atoms with E-state index in [1.807, 2.05) is 0 Å². The standard InChI is InChI=1S/C13H16F3N/c14-13(15,16)12-5-3-10(4-6-12)8-11-2-1-7-17-9-11/h3-6,11,17H,1-2,7-9H2/t11-/m0/s1. The van der Waals surface area contributed by atoms with E-state index in [0.717, 1.165) is 37.9 Å². The molecule has 1 nitrogen and oxygen atoms in total. The monoisotopic (exact) mass is 243 g/mol. The number of halogens is 3. The first-order valence-electron chi connectivity index (χ1n) is 5.92. The summed E-state index contributed by atoms with van der Waals surface area (Å²) in [6.07, 6.45) is -1.05. The summed E-state index contributed by atoms with van der Waals surface area (Å²) in [5, 5.41) is 3.31. The Hall–Kier alpha value is -1.03. The van der Waals surface area contributed by atoms with E-state index < -0.39 is 11.7 Å². The summed E-state index contributed by atoms with van der Waals surface area (Å²) in [6, 6.07) is 5.53. The Morgan fingerprint density at radius 3 is 2.41 bits per heavy atom. The van der Waals surface area contributed by atoms with Crippen molar-refractivity contribution in [1.82, 2.24) is 5.32 Å². The Kier molecular flexibility index (Phi) is 3.72. The molecule has 2 rings (SSSR count). The van der Waals surface area contributed by atoms with Crippen molar-refractivity contribution in [2.24, 2.45) is 5.92 Å². The first-order chi connectivity index (χ1) is 8.05. The summed E-state index contributed by atoms with van der Waals surface area (Å²) in [5.74, 6) is 0.556. The van der Waals surface area contributed by atoms with E-state index in [-0.39, 0.29) is 0 Å². The van der Waals surface area contributed by atoms with Crippen LogP contribution in [0.3, 0.4) is 0 Å². The zero-order valence-electron chi connectivity index (χ0n) is 9.56. The molecule has 1 aliphatic rings. The van der Waals surface area contributed by atoms with Gasteiger partial charge in [-0.25, -0.2) is 0 Å². The highest BCUT2D eigenvalue weighted by Gasteiger charge is 2.30. The molecule has 1 atom stereocenters. The molecule has 1 fully saturated rings. The van der Waals surface area contributed by atoms with Crippen LogP contribution in [0.1, 0.15) is 24.0 Å². The largest absolute Gasteiger partial charge is 0.416 e. The maximum Gasteiger partial charge on any atom is 0.416 e. The molecule has 0 spiro atoms. The second-order valence-corrected chi connectivity index (χ2v) is 4.61. The third-order valence-electron chi connectivity index (χ3n) is 3.20. The number of benzene rings is 1. The minimum atomic E-state index is -4.23. The summed E-state index contributed by atoms with van der Waals surface area (Å²) in [6.45, 7) is 2.03. The van der Waals surface area contributed by atoms with E-state index in [0.29, 0.717) is 5.92 Å². The third kappa shape index (κ3) is 3.46. The highest BCUT2D eigenvalue weighted by Crippen LogP contribution is 2.29. The molecular weight excluding hydrogens is 227 g/mol. The van der Waals surface area contributed by atoms with Gasteiger partial charge in [0.05, 0.1) is 5.56 Å². The van der Waals surface area contributed by atoms with Gasteiger partial charge in [0.25, 0.3) is 0 Å². The van der Waals surface area contributed by atoms with Crippen molar-refractivity contribution in [3.05, 3.63) is 35.4 Å². The molecule has 1 aliphatic heterocycles. The normalized spacial score (nSPS) is 21.5. The van der Waals surface area contributed by atoms with Crippen molar-refractivity contribution in [3.8, 4) is 0 Å². The zero-order chi connectivity index (χ0) is 12.3. The van der Waals surface area contributed by atoms with Crippen LogP contribution in [-0.2, 0) is 12.6 Å². The summed E-state index contributed by atoms with van der Waals surface area (Å²) in [7, 11) is 0. The summed E-state index contributed by atoms with van der Waals surface area (Å²) in [4.78, 5) is 0. The van der Waals surface area contributed by atoms with Gasteiger partial charge in [-0.3, -0.25) is 0 Å². The minimum Gasteiger partial charge on any atom is -0.316 e. The number of nitrogens with one attached hydrogen (secondary N) is 1. The molecule has 0 amide bonds. The topological polar surface area (TPSA) is 12.0 Å². The quantitative estimate of drug-likeness (QED) is 0.840. The molecule has 0 bridgehead atoms. The van der Waals surface area contributed by atoms with E-state index in [2.05, 4.69) is 5.32 Å². The zero-order valence-corrected chi connectivity index (χ0v) is 9.56. The van der Waals surface area contributed by atoms with Crippen LogP contribution < -0.4 is 5.32 Å². The van der Waals surface area contributed by atoms with Gasteiger partial charge in [0.2, 0.25) is 0 Å². The van der Waals surface area contributed by atoms with Crippen LogP contribution in [0.5, 0.6) is 0 Å². The maximum atomic E-state index is 12.4. The van der Waals surface area contributed by atoms with Gasteiger partial charge >= 0.3 is 6.18 Å². The molecule has 1 heterocycles. The van der Waals surface area contributed by atoms with Crippen LogP contribution in [0.2, 0.25) is 0 Å². The first kappa shape index (κ1) is 12.4. The predicted molar refractivity (Wildman–Crippen MR) is 60.7 cm³/mol. The van der Waals surface area contributed by atoms with Crippen molar-refractivity contribution >= 4 is 0 Å². The van der Waals surface area contributed by atoms with E-state index in [1.54, 1.807) is 12.1 Å². The molecule has 0 unspecified atom stereocenters. The molecule has 4 heteroatoms. The lowest BCUT2D eigenvalue weighted by atomic mass is 9.92. The number of hydrogen-bond donors (Lipinski definition) is 1. The Labute approximate surface area is 99.0 Å². The molecule has 1 saturated heterocycles. The van der Waals surface area contributed by atoms with Crippen LogP contribution in [0.4, 0.5) is 13.2 Å². The van der Waals surface area contributed by atoms with Gasteiger partial charge in [-0.05, 0) is 56.0 Å². The Morgan fingerprint density at radius 1 is 1.18 bits per heavy atom. The van der Waals surface area contributed by atoms with E-state index >= 15 is 0 Å². The minimum absolute atomic E-state index is 0.556. The summed E-state index contributed by atoms with van der Waals surface area (Å²) < 4.78 is 37.1. The molecule has 0 saturated carbocycles. The molecule has 94 valence electrons. The van der Waals surface area contributed by atoms with E-state index in [9.17, 15) is 13.2 Å². The predicted octanol–water partition coefficient (Wildman–Crippen LogP) is 3.25. The molecule has 0 radical (unpaired) electrons. The highest BCUT2D eigenvalue weighted by molar-refractivity contribution is 5.25. The van der Waals surface area contributed by atoms with Gasteiger partial charge in [0, 0.05) is 0 Å². The van der Waals surface area contributed by atoms with Gasteiger partial charge in [-0.15, -0.1) is 0 Å². The second kappa shape index (κ2) is 5.08. The molecule has 0 aromatic heterocycles. The van der Waals surface area contributed by atoms with Crippen molar-refractivity contribution in [2.75, 3.05) is 13.1 Å². The third-order valence-corrected chi connectivity index (χ3v) is 3.20. The van der Waals surface area contributed by atoms with Crippen LogP contribution in [-0.4, -0.2) is 13.1 Å². The number of rotatable bonds is 2. The number of hydrogen-bond acceptors (Lipinski definition) is 1. The average molecular weight is 243 g/mol. The van der Waals surface area contributed by atoms with Crippen LogP contribution in [0, 0.1) is 5.92 Å². The fraction of sp³-hybridized carbons (Fsp3) is 0.538. The fourth-order valence-electron chi connectivity index (χ4n) is 2.26. The molecule has 0 aliphatic carbocycles. The summed E-state index contributed by atoms with van der Waals surface area (Å²) in [5.41, 5.74) is 0.426. The molecule has 1 aromatic carbocycles. The lowest BCUT2D eigenvalue weighted by molar-refractivity contribution is -0.137. The number of alkyl halides is 3. The van der Waals surface area contributed by atoms with Crippen LogP contribution >= 0.6 is 0 Å². The number of piperidine rings is 1. The Balaban J connectivity index is 1.98. The molecular formula is C13H16F3N. The Morgan fingerprint density at radius 2 is 1.88 bits per heavy atom. The Bertz CT molecular complexity index is 350. The smallest absolute Gasteiger partial charge is 0.316 e. The van der Waals surface area contributed by atoms with Crippen LogP contribution in [0.15, 0.2) is 24.3 Å². The molecule has 1 N–H and O–H groups in total. The summed E-state index contributed by atoms with van der Waals surface area (Å²) >= 11 is 0. The average Bonchev–Trinajstić information content (AvgIpc) is 2.30. The van der Waals surface area contributed by atoms with Gasteiger partial charge in [-0.2, -0.15) is 13.2 Å². The van der Waals surface area contributed by atoms with E-state index in [4.69, 9.17) is 0 Å². The first-order valence-corrected chi connectivity index (χ1v) is 5.92. The molecule has 1 aromatic rings. The highest BCUT2D eigenvalue weighted by atomic mass is 19.4. The van der Waals surface area contributed by atoms with Crippen molar-refractivity contribution in [2.45, 2.75) is 25.4 Å². The van der Waals surface area contributed by atoms with Gasteiger partial charge < -0.3 is 5.32 Å². The SMILES string of the molecule is FC(F)(F)c1ccc(C[C@@H]2CCCNC2)cc1. The second-order valence-electron chi connectivity index (χ2n) is 4.61. The lowest BCUT2D eigenvalue weighted by Gasteiger charge is -2.22. The molecule has 17 heavy (non-hydrogen) atoms.